The number of carbonyl (C=O) groups is 2. The molecule has 0 aliphatic rings. The number of aryl methyl sites for hydroxylation is 1. The van der Waals surface area contributed by atoms with Gasteiger partial charge in [0.15, 0.2) is 0 Å². The van der Waals surface area contributed by atoms with Crippen LogP contribution in [-0.2, 0) is 9.47 Å². The van der Waals surface area contributed by atoms with Crippen molar-refractivity contribution in [3.8, 4) is 11.1 Å². The van der Waals surface area contributed by atoms with Gasteiger partial charge in [-0.15, -0.1) is 0 Å². The van der Waals surface area contributed by atoms with Gasteiger partial charge in [-0.2, -0.15) is 0 Å². The van der Waals surface area contributed by atoms with Gasteiger partial charge in [0.05, 0.1) is 23.3 Å². The Balaban J connectivity index is 2.35. The number of benzene rings is 2. The maximum atomic E-state index is 12.4. The molecule has 0 fully saturated rings. The van der Waals surface area contributed by atoms with Gasteiger partial charge in [0, 0.05) is 0 Å². The van der Waals surface area contributed by atoms with E-state index in [-0.39, 0.29) is 24.1 Å². The standard InChI is InChI=1S/C21H24O4/c1-13(2)24-20(22)17-9-7-16(8-10-17)18-11-6-15(5)12-19(18)21(23)25-14(3)4/h6-14H,1-5H3. The molecule has 132 valence electrons. The fourth-order valence-corrected chi connectivity index (χ4v) is 2.42. The Hall–Kier alpha value is -2.62. The molecule has 4 heteroatoms. The lowest BCUT2D eigenvalue weighted by molar-refractivity contribution is 0.0367. The maximum absolute atomic E-state index is 12.4. The molecule has 0 spiro atoms. The highest BCUT2D eigenvalue weighted by Gasteiger charge is 2.16. The summed E-state index contributed by atoms with van der Waals surface area (Å²) in [6, 6.07) is 12.7. The zero-order chi connectivity index (χ0) is 18.6. The second-order valence-corrected chi connectivity index (χ2v) is 6.53. The molecule has 0 amide bonds. The Morgan fingerprint density at radius 2 is 1.36 bits per heavy atom. The van der Waals surface area contributed by atoms with Crippen LogP contribution in [0.2, 0.25) is 0 Å². The SMILES string of the molecule is Cc1ccc(-c2ccc(C(=O)OC(C)C)cc2)c(C(=O)OC(C)C)c1. The van der Waals surface area contributed by atoms with Gasteiger partial charge in [0.2, 0.25) is 0 Å². The molecule has 0 unspecified atom stereocenters. The van der Waals surface area contributed by atoms with E-state index in [1.165, 1.54) is 0 Å². The van der Waals surface area contributed by atoms with Gasteiger partial charge >= 0.3 is 11.9 Å². The van der Waals surface area contributed by atoms with E-state index >= 15 is 0 Å². The van der Waals surface area contributed by atoms with Crippen LogP contribution in [0.1, 0.15) is 54.0 Å². The third-order valence-corrected chi connectivity index (χ3v) is 3.51. The summed E-state index contributed by atoms with van der Waals surface area (Å²) in [5.41, 5.74) is 3.61. The number of carbonyl (C=O) groups excluding carboxylic acids is 2. The lowest BCUT2D eigenvalue weighted by Gasteiger charge is -2.13. The van der Waals surface area contributed by atoms with Crippen LogP contribution >= 0.6 is 0 Å². The molecule has 25 heavy (non-hydrogen) atoms. The van der Waals surface area contributed by atoms with Gasteiger partial charge < -0.3 is 9.47 Å². The lowest BCUT2D eigenvalue weighted by atomic mass is 9.97. The van der Waals surface area contributed by atoms with E-state index in [1.54, 1.807) is 12.1 Å². The molecule has 0 aliphatic heterocycles. The van der Waals surface area contributed by atoms with Crippen molar-refractivity contribution in [1.29, 1.82) is 0 Å². The molecular weight excluding hydrogens is 316 g/mol. The van der Waals surface area contributed by atoms with E-state index in [2.05, 4.69) is 0 Å². The average Bonchev–Trinajstić information content (AvgIpc) is 2.53. The average molecular weight is 340 g/mol. The summed E-state index contributed by atoms with van der Waals surface area (Å²) in [7, 11) is 0. The molecule has 0 aromatic heterocycles. The molecule has 2 rings (SSSR count). The third-order valence-electron chi connectivity index (χ3n) is 3.51. The fourth-order valence-electron chi connectivity index (χ4n) is 2.42. The monoisotopic (exact) mass is 340 g/mol. The Bertz CT molecular complexity index is 758. The molecule has 0 atom stereocenters. The van der Waals surface area contributed by atoms with Gasteiger partial charge in [-0.05, 0) is 63.9 Å². The Labute approximate surface area is 148 Å². The first-order valence-corrected chi connectivity index (χ1v) is 8.41. The molecule has 0 aliphatic carbocycles. The minimum Gasteiger partial charge on any atom is -0.459 e. The second-order valence-electron chi connectivity index (χ2n) is 6.53. The van der Waals surface area contributed by atoms with Crippen molar-refractivity contribution in [1.82, 2.24) is 0 Å². The zero-order valence-corrected chi connectivity index (χ0v) is 15.3. The minimum absolute atomic E-state index is 0.165. The van der Waals surface area contributed by atoms with Crippen molar-refractivity contribution in [3.05, 3.63) is 59.2 Å². The summed E-state index contributed by atoms with van der Waals surface area (Å²) in [5.74, 6) is -0.707. The summed E-state index contributed by atoms with van der Waals surface area (Å²) in [6.45, 7) is 9.20. The summed E-state index contributed by atoms with van der Waals surface area (Å²) < 4.78 is 10.5. The van der Waals surface area contributed by atoms with Crippen LogP contribution in [0.15, 0.2) is 42.5 Å². The Kier molecular flexibility index (Phi) is 5.97. The minimum atomic E-state index is -0.357. The number of esters is 2. The molecular formula is C21H24O4. The van der Waals surface area contributed by atoms with E-state index in [4.69, 9.17) is 9.47 Å². The zero-order valence-electron chi connectivity index (χ0n) is 15.3. The van der Waals surface area contributed by atoms with E-state index in [0.29, 0.717) is 11.1 Å². The van der Waals surface area contributed by atoms with Crippen LogP contribution in [0.5, 0.6) is 0 Å². The smallest absolute Gasteiger partial charge is 0.339 e. The summed E-state index contributed by atoms with van der Waals surface area (Å²) in [4.78, 5) is 24.3. The van der Waals surface area contributed by atoms with Crippen LogP contribution in [0.25, 0.3) is 11.1 Å². The highest BCUT2D eigenvalue weighted by Crippen LogP contribution is 2.26. The second kappa shape index (κ2) is 7.97. The number of hydrogen-bond acceptors (Lipinski definition) is 4. The van der Waals surface area contributed by atoms with Crippen molar-refractivity contribution in [2.75, 3.05) is 0 Å². The highest BCUT2D eigenvalue weighted by atomic mass is 16.5. The highest BCUT2D eigenvalue weighted by molar-refractivity contribution is 5.98. The van der Waals surface area contributed by atoms with Crippen molar-refractivity contribution in [2.45, 2.75) is 46.8 Å². The molecule has 0 heterocycles. The molecule has 2 aromatic carbocycles. The summed E-state index contributed by atoms with van der Waals surface area (Å²) in [5, 5.41) is 0. The van der Waals surface area contributed by atoms with Gasteiger partial charge in [0.25, 0.3) is 0 Å². The van der Waals surface area contributed by atoms with E-state index < -0.39 is 0 Å². The third kappa shape index (κ3) is 4.92. The van der Waals surface area contributed by atoms with Crippen molar-refractivity contribution < 1.29 is 19.1 Å². The molecule has 2 aromatic rings. The summed E-state index contributed by atoms with van der Waals surface area (Å²) in [6.07, 6.45) is -0.351. The largest absolute Gasteiger partial charge is 0.459 e. The van der Waals surface area contributed by atoms with Gasteiger partial charge in [-0.3, -0.25) is 0 Å². The molecule has 0 bridgehead atoms. The molecule has 0 N–H and O–H groups in total. The quantitative estimate of drug-likeness (QED) is 0.734. The number of hydrogen-bond donors (Lipinski definition) is 0. The van der Waals surface area contributed by atoms with Gasteiger partial charge in [0.1, 0.15) is 0 Å². The fraction of sp³-hybridized carbons (Fsp3) is 0.333. The first-order valence-electron chi connectivity index (χ1n) is 8.41. The first kappa shape index (κ1) is 18.7. The van der Waals surface area contributed by atoms with Crippen LogP contribution < -0.4 is 0 Å². The predicted molar refractivity (Wildman–Crippen MR) is 97.7 cm³/mol. The van der Waals surface area contributed by atoms with Crippen LogP contribution in [0, 0.1) is 6.92 Å². The van der Waals surface area contributed by atoms with Crippen molar-refractivity contribution >= 4 is 11.9 Å². The van der Waals surface area contributed by atoms with E-state index in [0.717, 1.165) is 16.7 Å². The molecule has 0 saturated heterocycles. The molecule has 0 saturated carbocycles. The van der Waals surface area contributed by atoms with Gasteiger partial charge in [-0.25, -0.2) is 9.59 Å². The molecule has 0 radical (unpaired) electrons. The Morgan fingerprint density at radius 3 is 1.92 bits per heavy atom. The van der Waals surface area contributed by atoms with Crippen LogP contribution in [-0.4, -0.2) is 24.1 Å². The van der Waals surface area contributed by atoms with Crippen molar-refractivity contribution in [3.63, 3.8) is 0 Å². The topological polar surface area (TPSA) is 52.6 Å². The lowest BCUT2D eigenvalue weighted by Crippen LogP contribution is -2.13. The van der Waals surface area contributed by atoms with E-state index in [9.17, 15) is 9.59 Å². The number of rotatable bonds is 5. The number of ether oxygens (including phenoxy) is 2. The summed E-state index contributed by atoms with van der Waals surface area (Å²) >= 11 is 0. The van der Waals surface area contributed by atoms with Crippen molar-refractivity contribution in [2.24, 2.45) is 0 Å². The molecule has 4 nitrogen and oxygen atoms in total. The van der Waals surface area contributed by atoms with Crippen LogP contribution in [0.3, 0.4) is 0 Å². The van der Waals surface area contributed by atoms with Gasteiger partial charge in [-0.1, -0.05) is 29.8 Å². The van der Waals surface area contributed by atoms with Crippen LogP contribution in [0.4, 0.5) is 0 Å². The maximum Gasteiger partial charge on any atom is 0.339 e. The first-order chi connectivity index (χ1) is 11.8. The Morgan fingerprint density at radius 1 is 0.800 bits per heavy atom. The van der Waals surface area contributed by atoms with E-state index in [1.807, 2.05) is 65.0 Å². The predicted octanol–water partition coefficient (Wildman–Crippen LogP) is 4.79. The normalized spacial score (nSPS) is 10.8.